The maximum Gasteiger partial charge on any atom is 0.407 e. The highest BCUT2D eigenvalue weighted by molar-refractivity contribution is 9.10. The van der Waals surface area contributed by atoms with Crippen LogP contribution in [0.3, 0.4) is 0 Å². The first-order chi connectivity index (χ1) is 9.73. The largest absolute Gasteiger partial charge is 0.444 e. The predicted octanol–water partition coefficient (Wildman–Crippen LogP) is 4.57. The van der Waals surface area contributed by atoms with Crippen LogP contribution >= 0.6 is 27.5 Å². The molecule has 2 N–H and O–H groups in total. The number of anilines is 1. The van der Waals surface area contributed by atoms with Gasteiger partial charge in [0.2, 0.25) is 0 Å². The third-order valence-corrected chi connectivity index (χ3v) is 3.96. The molecule has 1 aliphatic rings. The summed E-state index contributed by atoms with van der Waals surface area (Å²) in [6, 6.07) is 6.23. The number of hydrogen-bond donors (Lipinski definition) is 2. The lowest BCUT2D eigenvalue weighted by Crippen LogP contribution is -2.50. The zero-order valence-corrected chi connectivity index (χ0v) is 14.7. The molecule has 4 nitrogen and oxygen atoms in total. The van der Waals surface area contributed by atoms with Crippen LogP contribution in [0.5, 0.6) is 0 Å². The SMILES string of the molecule is CC(C)(C)OC(=O)NC1CC(Nc2ccc(Br)cc2Cl)C1. The van der Waals surface area contributed by atoms with Crippen molar-refractivity contribution in [2.24, 2.45) is 0 Å². The normalized spacial score (nSPS) is 21.4. The Hall–Kier alpha value is -0.940. The van der Waals surface area contributed by atoms with Crippen molar-refractivity contribution in [3.8, 4) is 0 Å². The quantitative estimate of drug-likeness (QED) is 0.813. The van der Waals surface area contributed by atoms with E-state index >= 15 is 0 Å². The molecule has 0 bridgehead atoms. The fraction of sp³-hybridized carbons (Fsp3) is 0.533. The molecule has 0 aliphatic heterocycles. The van der Waals surface area contributed by atoms with Gasteiger partial charge in [-0.15, -0.1) is 0 Å². The van der Waals surface area contributed by atoms with Crippen LogP contribution in [0.25, 0.3) is 0 Å². The Kier molecular flexibility index (Phi) is 5.04. The van der Waals surface area contributed by atoms with Gasteiger partial charge in [0.1, 0.15) is 5.60 Å². The number of nitrogens with one attached hydrogen (secondary N) is 2. The topological polar surface area (TPSA) is 50.4 Å². The van der Waals surface area contributed by atoms with Crippen molar-refractivity contribution in [2.75, 3.05) is 5.32 Å². The molecule has 0 aromatic heterocycles. The highest BCUT2D eigenvalue weighted by Crippen LogP contribution is 2.30. The summed E-state index contributed by atoms with van der Waals surface area (Å²) in [5, 5.41) is 6.94. The van der Waals surface area contributed by atoms with Crippen LogP contribution in [-0.4, -0.2) is 23.8 Å². The van der Waals surface area contributed by atoms with Gasteiger partial charge in [-0.2, -0.15) is 0 Å². The molecule has 6 heteroatoms. The van der Waals surface area contributed by atoms with Crippen LogP contribution in [0.15, 0.2) is 22.7 Å². The number of halogens is 2. The van der Waals surface area contributed by atoms with Crippen LogP contribution in [0, 0.1) is 0 Å². The van der Waals surface area contributed by atoms with Crippen molar-refractivity contribution in [2.45, 2.75) is 51.3 Å². The van der Waals surface area contributed by atoms with Gasteiger partial charge in [0, 0.05) is 16.6 Å². The van der Waals surface area contributed by atoms with Crippen molar-refractivity contribution < 1.29 is 9.53 Å². The maximum atomic E-state index is 11.6. The number of amides is 1. The van der Waals surface area contributed by atoms with Gasteiger partial charge in [0.15, 0.2) is 0 Å². The maximum absolute atomic E-state index is 11.6. The first kappa shape index (κ1) is 16.4. The molecule has 1 saturated carbocycles. The van der Waals surface area contributed by atoms with E-state index in [1.165, 1.54) is 0 Å². The standard InChI is InChI=1S/C15H20BrClN2O2/c1-15(2,3)21-14(20)19-11-7-10(8-11)18-13-5-4-9(16)6-12(13)17/h4-6,10-11,18H,7-8H2,1-3H3,(H,19,20). The predicted molar refractivity (Wildman–Crippen MR) is 89.0 cm³/mol. The third-order valence-electron chi connectivity index (χ3n) is 3.15. The molecule has 0 atom stereocenters. The average molecular weight is 376 g/mol. The number of carbonyl (C=O) groups excluding carboxylic acids is 1. The van der Waals surface area contributed by atoms with E-state index in [0.29, 0.717) is 11.1 Å². The molecule has 1 amide bonds. The molecule has 1 aromatic rings. The fourth-order valence-corrected chi connectivity index (χ4v) is 2.88. The smallest absolute Gasteiger partial charge is 0.407 e. The van der Waals surface area contributed by atoms with Crippen LogP contribution < -0.4 is 10.6 Å². The van der Waals surface area contributed by atoms with Gasteiger partial charge in [-0.1, -0.05) is 27.5 Å². The van der Waals surface area contributed by atoms with Crippen LogP contribution in [0.4, 0.5) is 10.5 Å². The Balaban J connectivity index is 1.75. The second-order valence-electron chi connectivity index (χ2n) is 6.28. The number of benzene rings is 1. The van der Waals surface area contributed by atoms with Crippen LogP contribution in [0.1, 0.15) is 33.6 Å². The van der Waals surface area contributed by atoms with Gasteiger partial charge in [0.25, 0.3) is 0 Å². The lowest BCUT2D eigenvalue weighted by molar-refractivity contribution is 0.0475. The molecule has 116 valence electrons. The van der Waals surface area contributed by atoms with Crippen molar-refractivity contribution in [1.29, 1.82) is 0 Å². The lowest BCUT2D eigenvalue weighted by atomic mass is 9.86. The van der Waals surface area contributed by atoms with E-state index in [9.17, 15) is 4.79 Å². The molecule has 0 spiro atoms. The molecule has 1 aromatic carbocycles. The summed E-state index contributed by atoms with van der Waals surface area (Å²) >= 11 is 9.55. The van der Waals surface area contributed by atoms with E-state index in [-0.39, 0.29) is 12.1 Å². The Morgan fingerprint density at radius 3 is 2.57 bits per heavy atom. The van der Waals surface area contributed by atoms with Gasteiger partial charge < -0.3 is 15.4 Å². The minimum Gasteiger partial charge on any atom is -0.444 e. The molecule has 0 radical (unpaired) electrons. The van der Waals surface area contributed by atoms with Gasteiger partial charge in [-0.05, 0) is 51.8 Å². The Labute approximate surface area is 138 Å². The summed E-state index contributed by atoms with van der Waals surface area (Å²) in [7, 11) is 0. The molecule has 21 heavy (non-hydrogen) atoms. The molecular formula is C15H20BrClN2O2. The molecular weight excluding hydrogens is 356 g/mol. The second kappa shape index (κ2) is 6.44. The molecule has 2 rings (SSSR count). The van der Waals surface area contributed by atoms with E-state index in [2.05, 4.69) is 26.6 Å². The molecule has 0 saturated heterocycles. The highest BCUT2D eigenvalue weighted by atomic mass is 79.9. The minimum absolute atomic E-state index is 0.159. The van der Waals surface area contributed by atoms with E-state index < -0.39 is 5.60 Å². The Bertz CT molecular complexity index is 525. The van der Waals surface area contributed by atoms with Crippen LogP contribution in [0.2, 0.25) is 5.02 Å². The summed E-state index contributed by atoms with van der Waals surface area (Å²) in [5.41, 5.74) is 0.455. The highest BCUT2D eigenvalue weighted by Gasteiger charge is 2.31. The Morgan fingerprint density at radius 2 is 2.00 bits per heavy atom. The number of rotatable bonds is 3. The molecule has 1 aliphatic carbocycles. The summed E-state index contributed by atoms with van der Waals surface area (Å²) in [4.78, 5) is 11.6. The molecule has 0 unspecified atom stereocenters. The monoisotopic (exact) mass is 374 g/mol. The first-order valence-electron chi connectivity index (χ1n) is 6.94. The van der Waals surface area contributed by atoms with Crippen molar-refractivity contribution >= 4 is 39.3 Å². The zero-order chi connectivity index (χ0) is 15.6. The van der Waals surface area contributed by atoms with E-state index in [1.54, 1.807) is 0 Å². The summed E-state index contributed by atoms with van der Waals surface area (Å²) < 4.78 is 6.19. The van der Waals surface area contributed by atoms with E-state index in [4.69, 9.17) is 16.3 Å². The fourth-order valence-electron chi connectivity index (χ4n) is 2.15. The van der Waals surface area contributed by atoms with Crippen LogP contribution in [-0.2, 0) is 4.74 Å². The van der Waals surface area contributed by atoms with Gasteiger partial charge in [-0.25, -0.2) is 4.79 Å². The van der Waals surface area contributed by atoms with Gasteiger partial charge in [-0.3, -0.25) is 0 Å². The summed E-state index contributed by atoms with van der Waals surface area (Å²) in [5.74, 6) is 0. The van der Waals surface area contributed by atoms with Gasteiger partial charge in [0.05, 0.1) is 10.7 Å². The molecule has 0 heterocycles. The van der Waals surface area contributed by atoms with E-state index in [1.807, 2.05) is 39.0 Å². The minimum atomic E-state index is -0.462. The third kappa shape index (κ3) is 5.08. The Morgan fingerprint density at radius 1 is 1.33 bits per heavy atom. The summed E-state index contributed by atoms with van der Waals surface area (Å²) in [6.45, 7) is 5.56. The number of ether oxygens (including phenoxy) is 1. The zero-order valence-electron chi connectivity index (χ0n) is 12.4. The number of alkyl carbamates (subject to hydrolysis) is 1. The number of hydrogen-bond acceptors (Lipinski definition) is 3. The van der Waals surface area contributed by atoms with Crippen molar-refractivity contribution in [1.82, 2.24) is 5.32 Å². The average Bonchev–Trinajstić information content (AvgIpc) is 2.26. The van der Waals surface area contributed by atoms with Crippen molar-refractivity contribution in [3.05, 3.63) is 27.7 Å². The number of carbonyl (C=O) groups is 1. The second-order valence-corrected chi connectivity index (χ2v) is 7.60. The van der Waals surface area contributed by atoms with E-state index in [0.717, 1.165) is 23.0 Å². The van der Waals surface area contributed by atoms with Gasteiger partial charge >= 0.3 is 6.09 Å². The lowest BCUT2D eigenvalue weighted by Gasteiger charge is -2.37. The first-order valence-corrected chi connectivity index (χ1v) is 8.11. The summed E-state index contributed by atoms with van der Waals surface area (Å²) in [6.07, 6.45) is 1.38. The molecule has 1 fully saturated rings. The van der Waals surface area contributed by atoms with Crippen molar-refractivity contribution in [3.63, 3.8) is 0 Å².